The Balaban J connectivity index is 1.65. The molecular weight excluding hydrogens is 397 g/mol. The minimum atomic E-state index is -4.46. The highest BCUT2D eigenvalue weighted by Crippen LogP contribution is 2.34. The summed E-state index contributed by atoms with van der Waals surface area (Å²) in [6, 6.07) is 8.06. The van der Waals surface area contributed by atoms with Crippen LogP contribution in [0.3, 0.4) is 0 Å². The molecule has 1 aliphatic rings. The third-order valence-corrected chi connectivity index (χ3v) is 5.55. The molecule has 0 spiro atoms. The summed E-state index contributed by atoms with van der Waals surface area (Å²) in [5, 5.41) is 14.0. The van der Waals surface area contributed by atoms with E-state index in [0.717, 1.165) is 37.8 Å². The molecule has 0 radical (unpaired) electrons. The number of rotatable bonds is 6. The molecule has 0 aliphatic heterocycles. The van der Waals surface area contributed by atoms with E-state index in [-0.39, 0.29) is 12.1 Å². The highest BCUT2D eigenvalue weighted by Gasteiger charge is 2.31. The molecule has 0 atom stereocenters. The number of hydrogen-bond acceptors (Lipinski definition) is 3. The van der Waals surface area contributed by atoms with Gasteiger partial charge in [0.15, 0.2) is 0 Å². The van der Waals surface area contributed by atoms with Gasteiger partial charge in [-0.25, -0.2) is 4.79 Å². The van der Waals surface area contributed by atoms with Gasteiger partial charge in [-0.3, -0.25) is 4.68 Å². The number of halogens is 3. The van der Waals surface area contributed by atoms with Crippen LogP contribution in [0.1, 0.15) is 47.2 Å². The minimum absolute atomic E-state index is 0.0832. The van der Waals surface area contributed by atoms with Gasteiger partial charge >= 0.3 is 12.1 Å². The first-order chi connectivity index (χ1) is 14.3. The van der Waals surface area contributed by atoms with Gasteiger partial charge in [-0.05, 0) is 55.2 Å². The molecule has 1 saturated carbocycles. The molecule has 1 N–H and O–H groups in total. The normalized spacial score (nSPS) is 15.0. The van der Waals surface area contributed by atoms with E-state index in [4.69, 9.17) is 9.84 Å². The van der Waals surface area contributed by atoms with Crippen LogP contribution in [-0.2, 0) is 12.7 Å². The molecule has 0 unspecified atom stereocenters. The summed E-state index contributed by atoms with van der Waals surface area (Å²) in [6.07, 6.45) is 1.52. The fraction of sp³-hybridized carbons (Fsp3) is 0.364. The molecular formula is C22H21F3N2O3. The summed E-state index contributed by atoms with van der Waals surface area (Å²) >= 11 is 0. The minimum Gasteiger partial charge on any atom is -0.493 e. The van der Waals surface area contributed by atoms with Crippen molar-refractivity contribution in [1.82, 2.24) is 9.78 Å². The summed E-state index contributed by atoms with van der Waals surface area (Å²) in [4.78, 5) is 11.1. The van der Waals surface area contributed by atoms with Gasteiger partial charge in [-0.2, -0.15) is 18.3 Å². The second kappa shape index (κ2) is 8.01. The van der Waals surface area contributed by atoms with E-state index in [1.165, 1.54) is 24.4 Å². The summed E-state index contributed by atoms with van der Waals surface area (Å²) in [5.41, 5.74) is 0.409. The number of aromatic nitrogens is 2. The van der Waals surface area contributed by atoms with Crippen LogP contribution in [0.5, 0.6) is 5.75 Å². The fourth-order valence-electron chi connectivity index (χ4n) is 3.91. The Kier molecular flexibility index (Phi) is 5.40. The summed E-state index contributed by atoms with van der Waals surface area (Å²) in [6.45, 7) is 0.569. The zero-order valence-corrected chi connectivity index (χ0v) is 16.2. The van der Waals surface area contributed by atoms with Crippen LogP contribution in [0.4, 0.5) is 13.2 Å². The van der Waals surface area contributed by atoms with E-state index in [9.17, 15) is 18.0 Å². The van der Waals surface area contributed by atoms with E-state index in [1.54, 1.807) is 10.7 Å². The van der Waals surface area contributed by atoms with Gasteiger partial charge in [-0.1, -0.05) is 12.8 Å². The van der Waals surface area contributed by atoms with Crippen LogP contribution in [0.2, 0.25) is 0 Å². The summed E-state index contributed by atoms with van der Waals surface area (Å²) in [7, 11) is 0. The maximum atomic E-state index is 13.3. The van der Waals surface area contributed by atoms with Gasteiger partial charge in [0.2, 0.25) is 0 Å². The Morgan fingerprint density at radius 3 is 2.63 bits per heavy atom. The third kappa shape index (κ3) is 4.27. The number of carboxylic acids is 1. The Morgan fingerprint density at radius 1 is 1.17 bits per heavy atom. The van der Waals surface area contributed by atoms with E-state index in [1.807, 2.05) is 0 Å². The first-order valence-electron chi connectivity index (χ1n) is 9.83. The number of carboxylic acid groups (broad SMARTS) is 1. The number of carbonyl (C=O) groups is 1. The molecule has 8 heteroatoms. The molecule has 1 aromatic heterocycles. The SMILES string of the molecule is O=C(O)c1ccc2c(cnn2Cc2cc(C(F)(F)F)ccc2OCC2CCCC2)c1. The van der Waals surface area contributed by atoms with Crippen molar-refractivity contribution in [2.75, 3.05) is 6.61 Å². The second-order valence-corrected chi connectivity index (χ2v) is 7.66. The number of alkyl halides is 3. The molecule has 30 heavy (non-hydrogen) atoms. The van der Waals surface area contributed by atoms with Crippen LogP contribution in [0.15, 0.2) is 42.6 Å². The maximum absolute atomic E-state index is 13.3. The van der Waals surface area contributed by atoms with Gasteiger partial charge < -0.3 is 9.84 Å². The van der Waals surface area contributed by atoms with Crippen LogP contribution >= 0.6 is 0 Å². The monoisotopic (exact) mass is 418 g/mol. The van der Waals surface area contributed by atoms with E-state index < -0.39 is 17.7 Å². The summed E-state index contributed by atoms with van der Waals surface area (Å²) in [5.74, 6) is -0.203. The second-order valence-electron chi connectivity index (χ2n) is 7.66. The van der Waals surface area contributed by atoms with Gasteiger partial charge in [-0.15, -0.1) is 0 Å². The Morgan fingerprint density at radius 2 is 1.93 bits per heavy atom. The molecule has 1 heterocycles. The average Bonchev–Trinajstić information content (AvgIpc) is 3.36. The van der Waals surface area contributed by atoms with E-state index >= 15 is 0 Å². The van der Waals surface area contributed by atoms with Crippen molar-refractivity contribution in [3.63, 3.8) is 0 Å². The first kappa shape index (κ1) is 20.3. The highest BCUT2D eigenvalue weighted by molar-refractivity contribution is 5.93. The third-order valence-electron chi connectivity index (χ3n) is 5.55. The van der Waals surface area contributed by atoms with Gasteiger partial charge in [0, 0.05) is 10.9 Å². The Bertz CT molecular complexity index is 1070. The molecule has 0 bridgehead atoms. The Labute approximate surface area is 171 Å². The van der Waals surface area contributed by atoms with Crippen LogP contribution < -0.4 is 4.74 Å². The lowest BCUT2D eigenvalue weighted by molar-refractivity contribution is -0.137. The predicted octanol–water partition coefficient (Wildman–Crippen LogP) is 5.37. The number of nitrogens with zero attached hydrogens (tertiary/aromatic N) is 2. The van der Waals surface area contributed by atoms with E-state index in [0.29, 0.717) is 34.7 Å². The zero-order chi connectivity index (χ0) is 21.3. The van der Waals surface area contributed by atoms with Gasteiger partial charge in [0.05, 0.1) is 36.0 Å². The molecule has 1 aliphatic carbocycles. The molecule has 2 aromatic carbocycles. The number of aromatic carboxylic acids is 1. The van der Waals surface area contributed by atoms with Crippen LogP contribution in [0, 0.1) is 5.92 Å². The van der Waals surface area contributed by atoms with Crippen LogP contribution in [-0.4, -0.2) is 27.5 Å². The van der Waals surface area contributed by atoms with Crippen LogP contribution in [0.25, 0.3) is 10.9 Å². The topological polar surface area (TPSA) is 64.3 Å². The molecule has 0 saturated heterocycles. The van der Waals surface area contributed by atoms with Gasteiger partial charge in [0.1, 0.15) is 5.75 Å². The predicted molar refractivity (Wildman–Crippen MR) is 105 cm³/mol. The van der Waals surface area contributed by atoms with Crippen molar-refractivity contribution in [2.45, 2.75) is 38.4 Å². The standard InChI is InChI=1S/C22H21F3N2O3/c23-22(24,25)18-6-8-20(30-13-14-3-1-2-4-14)17(10-18)12-27-19-7-5-15(21(28)29)9-16(19)11-26-27/h5-11,14H,1-4,12-13H2,(H,28,29). The Hall–Kier alpha value is -3.03. The smallest absolute Gasteiger partial charge is 0.416 e. The molecule has 4 rings (SSSR count). The molecule has 0 amide bonds. The molecule has 1 fully saturated rings. The van der Waals surface area contributed by atoms with Crippen molar-refractivity contribution in [3.05, 3.63) is 59.3 Å². The zero-order valence-electron chi connectivity index (χ0n) is 16.2. The number of benzene rings is 2. The fourth-order valence-corrected chi connectivity index (χ4v) is 3.91. The summed E-state index contributed by atoms with van der Waals surface area (Å²) < 4.78 is 47.3. The van der Waals surface area contributed by atoms with Crippen molar-refractivity contribution in [3.8, 4) is 5.75 Å². The first-order valence-corrected chi connectivity index (χ1v) is 9.83. The lowest BCUT2D eigenvalue weighted by Gasteiger charge is -2.17. The number of fused-ring (bicyclic) bond motifs is 1. The highest BCUT2D eigenvalue weighted by atomic mass is 19.4. The molecule has 3 aromatic rings. The van der Waals surface area contributed by atoms with Crippen molar-refractivity contribution in [2.24, 2.45) is 5.92 Å². The van der Waals surface area contributed by atoms with E-state index in [2.05, 4.69) is 5.10 Å². The number of hydrogen-bond donors (Lipinski definition) is 1. The quantitative estimate of drug-likeness (QED) is 0.585. The van der Waals surface area contributed by atoms with Crippen molar-refractivity contribution >= 4 is 16.9 Å². The average molecular weight is 418 g/mol. The maximum Gasteiger partial charge on any atom is 0.416 e. The van der Waals surface area contributed by atoms with Crippen molar-refractivity contribution < 1.29 is 27.8 Å². The number of ether oxygens (including phenoxy) is 1. The largest absolute Gasteiger partial charge is 0.493 e. The van der Waals surface area contributed by atoms with Gasteiger partial charge in [0.25, 0.3) is 0 Å². The lowest BCUT2D eigenvalue weighted by atomic mass is 10.1. The molecule has 5 nitrogen and oxygen atoms in total. The van der Waals surface area contributed by atoms with Crippen molar-refractivity contribution in [1.29, 1.82) is 0 Å². The molecule has 158 valence electrons. The lowest BCUT2D eigenvalue weighted by Crippen LogP contribution is -2.12.